The largest absolute Gasteiger partial charge is 0.444 e. The monoisotopic (exact) mass is 1800 g/mol. The van der Waals surface area contributed by atoms with Crippen LogP contribution in [0.3, 0.4) is 0 Å². The van der Waals surface area contributed by atoms with Crippen molar-refractivity contribution in [1.82, 2.24) is 49.1 Å². The Hall–Kier alpha value is -8.73. The number of likely N-dealkylation sites (tertiary alicyclic amines) is 4. The van der Waals surface area contributed by atoms with E-state index in [0.29, 0.717) is 44.5 Å². The minimum absolute atomic E-state index is 0. The standard InChI is InChI=1S/C27H39N5O7S.C19H26N4O3S.C19H27N3O4S2.C17H23N5O3S.2CH4/c1-26(2,3)38-24(34)29-22(30-25(35)39-27(4,5)6)32-14-18(15-32)40(36,37)31-23(33)28-21-19-11-7-9-16(19)13-17-10-8-12-20(17)21;24-19(22-27(25,26)15-10-23(11-15)14-8-20-9-14)21-18-16-5-1-3-12(16)7-13-4-2-6-17(13)18;1-27(24)9-8-22-11-15(12-22)28(25,26)21-19(23)20-18-16-6-2-4-13(16)10-14-5-3-7-17(14)18;18-16(19)22-8-12(9-22)26(24,25)21-17(23)20-15-13-5-1-3-10(13)7-11-4-2-6-14(11)15;;/h13,18H,7-12,14-15H2,1-6H3,(H2,28,31,33)(H,29,30,34,35);7,14-15,20H,1-6,8-11H2,(H2,21,22,24);10,15H,2-9,11-12H2,1H3,(H2,20,21,23);7,12H,1-6,8-9H2,(H3,18,19)(H2,20,21,23);2*1H4. The van der Waals surface area contributed by atoms with E-state index in [1.165, 1.54) is 76.6 Å². The van der Waals surface area contributed by atoms with Gasteiger partial charge in [-0.1, -0.05) is 39.1 Å². The van der Waals surface area contributed by atoms with Crippen LogP contribution < -0.4 is 56.5 Å². The van der Waals surface area contributed by atoms with Gasteiger partial charge in [0.2, 0.25) is 46.1 Å². The van der Waals surface area contributed by atoms with E-state index >= 15 is 0 Å². The number of urea groups is 4. The van der Waals surface area contributed by atoms with E-state index in [2.05, 4.69) is 84.9 Å². The summed E-state index contributed by atoms with van der Waals surface area (Å²) in [4.78, 5) is 85.8. The van der Waals surface area contributed by atoms with Gasteiger partial charge in [-0.25, -0.2) is 81.3 Å². The molecule has 8 aliphatic carbocycles. The lowest BCUT2D eigenvalue weighted by Crippen LogP contribution is -2.68. The van der Waals surface area contributed by atoms with Crippen molar-refractivity contribution in [3.63, 3.8) is 0 Å². The van der Waals surface area contributed by atoms with E-state index in [1.807, 2.05) is 4.90 Å². The Morgan fingerprint density at radius 1 is 0.447 bits per heavy atom. The van der Waals surface area contributed by atoms with Gasteiger partial charge in [0.05, 0.1) is 0 Å². The highest BCUT2D eigenvalue weighted by atomic mass is 32.2. The summed E-state index contributed by atoms with van der Waals surface area (Å²) in [6.07, 6.45) is 23.7. The highest BCUT2D eigenvalue weighted by Gasteiger charge is 2.46. The van der Waals surface area contributed by atoms with Crippen molar-refractivity contribution in [2.75, 3.05) is 105 Å². The van der Waals surface area contributed by atoms with E-state index in [1.54, 1.807) is 47.8 Å². The summed E-state index contributed by atoms with van der Waals surface area (Å²) in [5.41, 5.74) is 26.5. The maximum atomic E-state index is 13.0. The lowest BCUT2D eigenvalue weighted by molar-refractivity contribution is 0.0550. The second-order valence-corrected chi connectivity index (χ2v) is 45.3. The number of alkyl carbamates (subject to hydrolysis) is 1. The third-order valence-corrected chi connectivity index (χ3v) is 32.2. The zero-order valence-corrected chi connectivity index (χ0v) is 74.0. The van der Waals surface area contributed by atoms with Crippen LogP contribution in [0.15, 0.2) is 29.3 Å². The molecular weight excluding hydrogens is 1680 g/mol. The zero-order chi connectivity index (χ0) is 86.4. The Morgan fingerprint density at radius 3 is 0.984 bits per heavy atom. The Labute approximate surface area is 726 Å². The van der Waals surface area contributed by atoms with Gasteiger partial charge in [-0.05, 0) is 285 Å². The average Bonchev–Trinajstić information content (AvgIpc) is 1.31. The average molecular weight is 1800 g/mol. The second-order valence-electron chi connectivity index (χ2n) is 35.9. The van der Waals surface area contributed by atoms with Gasteiger partial charge in [0, 0.05) is 124 Å². The number of aryl methyl sites for hydroxylation is 8. The van der Waals surface area contributed by atoms with Crippen molar-refractivity contribution < 1.29 is 76.1 Å². The van der Waals surface area contributed by atoms with Gasteiger partial charge in [0.1, 0.15) is 32.2 Å². The van der Waals surface area contributed by atoms with Gasteiger partial charge in [0.25, 0.3) is 0 Å². The normalized spacial score (nSPS) is 19.3. The van der Waals surface area contributed by atoms with Crippen molar-refractivity contribution >= 4 is 122 Å². The fourth-order valence-corrected chi connectivity index (χ4v) is 24.0. The number of carbonyl (C=O) groups is 6. The molecule has 5 aliphatic heterocycles. The molecule has 123 heavy (non-hydrogen) atoms. The number of nitrogens with two attached hydrogens (primary N) is 1. The van der Waals surface area contributed by atoms with E-state index in [4.69, 9.17) is 20.6 Å². The highest BCUT2D eigenvalue weighted by Crippen LogP contribution is 2.43. The molecule has 0 saturated carbocycles. The second kappa shape index (κ2) is 37.8. The minimum Gasteiger partial charge on any atom is -0.444 e. The Bertz CT molecular complexity index is 5210. The number of benzene rings is 4. The molecule has 13 aliphatic rings. The number of guanidine groups is 2. The first-order valence-electron chi connectivity index (χ1n) is 42.3. The molecule has 0 spiro atoms. The van der Waals surface area contributed by atoms with Crippen LogP contribution in [0, 0.1) is 5.41 Å². The molecule has 17 rings (SSSR count). The van der Waals surface area contributed by atoms with Gasteiger partial charge >= 0.3 is 36.3 Å². The van der Waals surface area contributed by atoms with Crippen molar-refractivity contribution in [2.45, 2.75) is 249 Å². The number of nitrogens with one attached hydrogen (secondary N) is 11. The number of amides is 10. The van der Waals surface area contributed by atoms with Crippen molar-refractivity contribution in [1.29, 1.82) is 5.41 Å². The topological polar surface area (TPSA) is 470 Å². The van der Waals surface area contributed by atoms with Crippen LogP contribution in [0.5, 0.6) is 0 Å². The minimum atomic E-state index is -4.07. The highest BCUT2D eigenvalue weighted by molar-refractivity contribution is 7.91. The number of hydrogen-bond donors (Lipinski definition) is 12. The van der Waals surface area contributed by atoms with Gasteiger partial charge in [-0.3, -0.25) is 24.7 Å². The molecule has 1 atom stereocenters. The first-order valence-corrected chi connectivity index (χ1v) is 50.2. The van der Waals surface area contributed by atoms with Crippen LogP contribution in [-0.4, -0.2) is 228 Å². The summed E-state index contributed by atoms with van der Waals surface area (Å²) in [6, 6.07) is 6.71. The van der Waals surface area contributed by atoms with Crippen LogP contribution in [0.2, 0.25) is 0 Å². The first-order chi connectivity index (χ1) is 57.2. The van der Waals surface area contributed by atoms with Gasteiger partial charge in [0.15, 0.2) is 5.96 Å². The number of hydrogen-bond acceptors (Lipinski definition) is 21. The predicted molar refractivity (Wildman–Crippen MR) is 477 cm³/mol. The summed E-state index contributed by atoms with van der Waals surface area (Å²) in [5, 5.41) is 21.5. The van der Waals surface area contributed by atoms with Crippen LogP contribution >= 0.6 is 0 Å². The molecule has 34 nitrogen and oxygen atoms in total. The molecule has 4 aromatic rings. The van der Waals surface area contributed by atoms with E-state index in [-0.39, 0.29) is 53.0 Å². The predicted octanol–water partition coefficient (Wildman–Crippen LogP) is 7.53. The van der Waals surface area contributed by atoms with Gasteiger partial charge in [-0.2, -0.15) is 0 Å². The summed E-state index contributed by atoms with van der Waals surface area (Å²) >= 11 is 0. The number of carbonyl (C=O) groups excluding carboxylic acids is 6. The fourth-order valence-electron chi connectivity index (χ4n) is 18.5. The summed E-state index contributed by atoms with van der Waals surface area (Å²) in [5.74, 6) is 0.177. The summed E-state index contributed by atoms with van der Waals surface area (Å²) < 4.78 is 131. The lowest BCUT2D eigenvalue weighted by atomic mass is 9.99. The molecule has 5 heterocycles. The molecule has 0 bridgehead atoms. The Morgan fingerprint density at radius 2 is 0.724 bits per heavy atom. The molecule has 10 amide bonds. The summed E-state index contributed by atoms with van der Waals surface area (Å²) in [7, 11) is -16.1. The molecule has 0 aromatic heterocycles. The number of anilines is 4. The van der Waals surface area contributed by atoms with Gasteiger partial charge < -0.3 is 51.6 Å². The Kier molecular flexibility index (Phi) is 28.7. The molecule has 1 unspecified atom stereocenters. The smallest absolute Gasteiger partial charge is 0.437 e. The number of aliphatic imine (C=N–C) groups is 1. The number of sulfonamides is 4. The number of nitrogens with zero attached hydrogens (tertiary/aromatic N) is 5. The molecule has 5 fully saturated rings. The van der Waals surface area contributed by atoms with Crippen LogP contribution in [-0.2, 0) is 163 Å². The van der Waals surface area contributed by atoms with E-state index in [9.17, 15) is 66.6 Å². The van der Waals surface area contributed by atoms with Crippen LogP contribution in [0.4, 0.5) is 51.5 Å². The molecule has 4 aromatic carbocycles. The maximum absolute atomic E-state index is 13.0. The summed E-state index contributed by atoms with van der Waals surface area (Å²) in [6.45, 7) is 14.3. The SMILES string of the molecule is C.C.CC(C)(C)OC(=O)N=C(NC(=O)OC(C)(C)C)N1CC(S(=O)(=O)NC(=O)Nc2c3c(cc4c2CCC4)CCC3)C1.CS(=O)CCN1CC(S(=O)(=O)NC(=O)Nc2c3c(cc4c2CCC4)CCC3)C1.N=C(N)N1CC(S(=O)(=O)NC(=O)Nc2c3c(cc4c2CCC4)CCC3)C1.O=C(Nc1c2c(cc3c1CCC3)CCC2)NS(=O)(=O)C1CN(C2CNC2)C1. The molecule has 13 N–H and O–H groups in total. The molecule has 0 radical (unpaired) electrons. The third kappa shape index (κ3) is 22.0. The van der Waals surface area contributed by atoms with Crippen LogP contribution in [0.25, 0.3) is 0 Å². The van der Waals surface area contributed by atoms with E-state index in [0.717, 1.165) is 212 Å². The molecule has 5 saturated heterocycles. The molecule has 39 heteroatoms. The van der Waals surface area contributed by atoms with Crippen molar-refractivity contribution in [2.24, 2.45) is 10.7 Å². The molecule has 676 valence electrons. The maximum Gasteiger partial charge on any atom is 0.437 e. The Balaban J connectivity index is 0.000000151. The third-order valence-electron chi connectivity index (χ3n) is 24.9. The van der Waals surface area contributed by atoms with Crippen molar-refractivity contribution in [3.05, 3.63) is 113 Å². The van der Waals surface area contributed by atoms with E-state index < -0.39 is 119 Å². The lowest BCUT2D eigenvalue weighted by Gasteiger charge is -2.47. The van der Waals surface area contributed by atoms with Crippen molar-refractivity contribution in [3.8, 4) is 0 Å². The number of ether oxygens (including phenoxy) is 2. The van der Waals surface area contributed by atoms with Gasteiger partial charge in [-0.15, -0.1) is 4.99 Å². The number of rotatable bonds is 16. The fraction of sp³-hybridized carbons (Fsp3) is 0.619. The molecular formula is C84H123N17O17S5. The number of fused-ring (bicyclic) bond motifs is 8. The quantitative estimate of drug-likeness (QED) is 0.0381. The van der Waals surface area contributed by atoms with Crippen LogP contribution in [0.1, 0.15) is 197 Å². The first kappa shape index (κ1) is 93.4. The zero-order valence-electron chi connectivity index (χ0n) is 69.9.